The molecule has 0 saturated carbocycles. The zero-order valence-electron chi connectivity index (χ0n) is 21.9. The molecular formula is C27H30F5N3O5. The minimum Gasteiger partial charge on any atom is -0.508 e. The zero-order valence-corrected chi connectivity index (χ0v) is 21.9. The molecule has 1 heterocycles. The Kier molecular flexibility index (Phi) is 8.77. The SMILES string of the molecule is Cc1c(O)cccc1C(=O)N[C@@H](Cc1ccccc1)[C@H](O)C(=O)N1CC(F)(F)C(C)(C)[C@H]1C(=O)NCC(F)(F)F. The van der Waals surface area contributed by atoms with Crippen LogP contribution in [0.4, 0.5) is 22.0 Å². The second-order valence-corrected chi connectivity index (χ2v) is 10.3. The van der Waals surface area contributed by atoms with Gasteiger partial charge in [0.25, 0.3) is 17.7 Å². The highest BCUT2D eigenvalue weighted by molar-refractivity contribution is 5.97. The Morgan fingerprint density at radius 1 is 1.07 bits per heavy atom. The molecule has 0 bridgehead atoms. The highest BCUT2D eigenvalue weighted by atomic mass is 19.4. The number of likely N-dealkylation sites (tertiary alicyclic amines) is 1. The first kappa shape index (κ1) is 30.8. The van der Waals surface area contributed by atoms with E-state index in [4.69, 9.17) is 0 Å². The van der Waals surface area contributed by atoms with E-state index in [9.17, 15) is 46.5 Å². The smallest absolute Gasteiger partial charge is 0.405 e. The van der Waals surface area contributed by atoms with Crippen LogP contribution in [-0.2, 0) is 16.0 Å². The molecule has 1 aliphatic rings. The predicted molar refractivity (Wildman–Crippen MR) is 134 cm³/mol. The van der Waals surface area contributed by atoms with Crippen LogP contribution in [0, 0.1) is 12.3 Å². The van der Waals surface area contributed by atoms with Crippen LogP contribution in [0.5, 0.6) is 5.75 Å². The quantitative estimate of drug-likeness (QED) is 0.364. The van der Waals surface area contributed by atoms with Crippen LogP contribution in [0.1, 0.15) is 35.3 Å². The number of hydrogen-bond donors (Lipinski definition) is 4. The summed E-state index contributed by atoms with van der Waals surface area (Å²) in [5.41, 5.74) is -1.49. The fourth-order valence-electron chi connectivity index (χ4n) is 4.62. The summed E-state index contributed by atoms with van der Waals surface area (Å²) in [7, 11) is 0. The van der Waals surface area contributed by atoms with Gasteiger partial charge in [0.05, 0.1) is 18.0 Å². The maximum absolute atomic E-state index is 15.0. The first-order chi connectivity index (χ1) is 18.5. The Labute approximate surface area is 227 Å². The van der Waals surface area contributed by atoms with Gasteiger partial charge in [0.2, 0.25) is 5.91 Å². The number of nitrogens with zero attached hydrogens (tertiary/aromatic N) is 1. The highest BCUT2D eigenvalue weighted by Crippen LogP contribution is 2.48. The highest BCUT2D eigenvalue weighted by Gasteiger charge is 2.64. The lowest BCUT2D eigenvalue weighted by molar-refractivity contribution is -0.151. The Hall–Kier alpha value is -3.74. The molecule has 218 valence electrons. The number of carbonyl (C=O) groups is 3. The number of aliphatic hydroxyl groups excluding tert-OH is 1. The third kappa shape index (κ3) is 6.52. The number of aliphatic hydroxyl groups is 1. The maximum Gasteiger partial charge on any atom is 0.405 e. The van der Waals surface area contributed by atoms with Crippen LogP contribution < -0.4 is 10.6 Å². The summed E-state index contributed by atoms with van der Waals surface area (Å²) in [6.45, 7) is 0.218. The first-order valence-electron chi connectivity index (χ1n) is 12.3. The number of phenols is 1. The number of rotatable bonds is 8. The topological polar surface area (TPSA) is 119 Å². The summed E-state index contributed by atoms with van der Waals surface area (Å²) in [5.74, 6) is -7.49. The predicted octanol–water partition coefficient (Wildman–Crippen LogP) is 2.95. The first-order valence-corrected chi connectivity index (χ1v) is 12.3. The Morgan fingerprint density at radius 3 is 2.30 bits per heavy atom. The Morgan fingerprint density at radius 2 is 1.70 bits per heavy atom. The number of amides is 3. The third-order valence-corrected chi connectivity index (χ3v) is 7.10. The molecule has 3 rings (SSSR count). The van der Waals surface area contributed by atoms with Crippen LogP contribution >= 0.6 is 0 Å². The molecule has 1 saturated heterocycles. The summed E-state index contributed by atoms with van der Waals surface area (Å²) in [6.07, 6.45) is -7.13. The lowest BCUT2D eigenvalue weighted by Crippen LogP contribution is -2.58. The van der Waals surface area contributed by atoms with E-state index in [0.717, 1.165) is 13.8 Å². The molecule has 0 spiro atoms. The fraction of sp³-hybridized carbons (Fsp3) is 0.444. The van der Waals surface area contributed by atoms with Crippen molar-refractivity contribution in [1.29, 1.82) is 0 Å². The Balaban J connectivity index is 1.94. The monoisotopic (exact) mass is 571 g/mol. The minimum atomic E-state index is -4.83. The molecule has 0 aromatic heterocycles. The lowest BCUT2D eigenvalue weighted by atomic mass is 9.81. The molecule has 3 atom stereocenters. The van der Waals surface area contributed by atoms with Crippen LogP contribution in [0.3, 0.4) is 0 Å². The third-order valence-electron chi connectivity index (χ3n) is 7.10. The van der Waals surface area contributed by atoms with Gasteiger partial charge in [-0.25, -0.2) is 8.78 Å². The standard InChI is InChI=1S/C27H30F5N3O5/c1-15-17(10-7-11-19(15)36)22(38)34-18(12-16-8-5-4-6-9-16)20(37)24(40)35-14-26(28,29)25(2,3)21(35)23(39)33-13-27(30,31)32/h4-11,18,20-21,36-37H,12-14H2,1-3H3,(H,33,39)(H,34,38)/t18-,20-,21+/m0/s1. The van der Waals surface area contributed by atoms with Gasteiger partial charge in [0.15, 0.2) is 6.10 Å². The summed E-state index contributed by atoms with van der Waals surface area (Å²) in [5, 5.41) is 25.1. The molecule has 0 aliphatic carbocycles. The normalized spacial score (nSPS) is 19.5. The van der Waals surface area contributed by atoms with Crippen molar-refractivity contribution in [2.45, 2.75) is 57.5 Å². The second-order valence-electron chi connectivity index (χ2n) is 10.3. The van der Waals surface area contributed by atoms with E-state index >= 15 is 0 Å². The lowest BCUT2D eigenvalue weighted by Gasteiger charge is -2.34. The van der Waals surface area contributed by atoms with Gasteiger partial charge in [-0.05, 0) is 31.0 Å². The van der Waals surface area contributed by atoms with Gasteiger partial charge >= 0.3 is 6.18 Å². The number of halogens is 5. The number of nitrogens with one attached hydrogen (secondary N) is 2. The molecule has 2 aromatic rings. The zero-order chi connectivity index (χ0) is 30.0. The average molecular weight is 572 g/mol. The summed E-state index contributed by atoms with van der Waals surface area (Å²) < 4.78 is 68.1. The molecule has 4 N–H and O–H groups in total. The number of aromatic hydroxyl groups is 1. The van der Waals surface area contributed by atoms with Crippen molar-refractivity contribution in [2.24, 2.45) is 5.41 Å². The summed E-state index contributed by atoms with van der Waals surface area (Å²) in [4.78, 5) is 39.6. The van der Waals surface area contributed by atoms with E-state index in [1.807, 2.05) is 0 Å². The number of benzene rings is 2. The van der Waals surface area contributed by atoms with E-state index in [0.29, 0.717) is 10.5 Å². The minimum absolute atomic E-state index is 0.0240. The van der Waals surface area contributed by atoms with Crippen molar-refractivity contribution in [3.8, 4) is 5.75 Å². The van der Waals surface area contributed by atoms with E-state index in [2.05, 4.69) is 5.32 Å². The molecular weight excluding hydrogens is 541 g/mol. The van der Waals surface area contributed by atoms with Crippen molar-refractivity contribution < 1.29 is 46.5 Å². The van der Waals surface area contributed by atoms with Gasteiger partial charge in [-0.3, -0.25) is 14.4 Å². The maximum atomic E-state index is 15.0. The van der Waals surface area contributed by atoms with E-state index < -0.39 is 66.5 Å². The Bertz CT molecular complexity index is 1250. The molecule has 0 unspecified atom stereocenters. The van der Waals surface area contributed by atoms with Crippen LogP contribution in [0.15, 0.2) is 48.5 Å². The molecule has 1 fully saturated rings. The fourth-order valence-corrected chi connectivity index (χ4v) is 4.62. The van der Waals surface area contributed by atoms with Crippen molar-refractivity contribution in [3.05, 3.63) is 65.2 Å². The van der Waals surface area contributed by atoms with Gasteiger partial charge in [0.1, 0.15) is 18.3 Å². The number of alkyl halides is 5. The average Bonchev–Trinajstić information content (AvgIpc) is 3.06. The number of carbonyl (C=O) groups excluding carboxylic acids is 3. The van der Waals surface area contributed by atoms with Crippen molar-refractivity contribution in [3.63, 3.8) is 0 Å². The molecule has 2 aromatic carbocycles. The molecule has 40 heavy (non-hydrogen) atoms. The van der Waals surface area contributed by atoms with Gasteiger partial charge in [-0.2, -0.15) is 13.2 Å². The van der Waals surface area contributed by atoms with Crippen LogP contribution in [0.25, 0.3) is 0 Å². The van der Waals surface area contributed by atoms with Crippen molar-refractivity contribution in [2.75, 3.05) is 13.1 Å². The van der Waals surface area contributed by atoms with Crippen molar-refractivity contribution in [1.82, 2.24) is 15.5 Å². The van der Waals surface area contributed by atoms with Crippen LogP contribution in [0.2, 0.25) is 0 Å². The van der Waals surface area contributed by atoms with Crippen LogP contribution in [-0.4, -0.2) is 76.2 Å². The van der Waals surface area contributed by atoms with E-state index in [1.165, 1.54) is 25.1 Å². The largest absolute Gasteiger partial charge is 0.508 e. The van der Waals surface area contributed by atoms with Gasteiger partial charge in [-0.1, -0.05) is 50.2 Å². The molecule has 3 amide bonds. The molecule has 13 heteroatoms. The van der Waals surface area contributed by atoms with Gasteiger partial charge in [0, 0.05) is 11.1 Å². The molecule has 0 radical (unpaired) electrons. The number of phenolic OH excluding ortho intramolecular Hbond substituents is 1. The van der Waals surface area contributed by atoms with E-state index in [-0.39, 0.29) is 23.3 Å². The second kappa shape index (κ2) is 11.4. The summed E-state index contributed by atoms with van der Waals surface area (Å²) >= 11 is 0. The summed E-state index contributed by atoms with van der Waals surface area (Å²) in [6, 6.07) is 8.99. The molecule has 8 nitrogen and oxygen atoms in total. The van der Waals surface area contributed by atoms with Gasteiger partial charge in [-0.15, -0.1) is 0 Å². The van der Waals surface area contributed by atoms with E-state index in [1.54, 1.807) is 35.6 Å². The van der Waals surface area contributed by atoms with Gasteiger partial charge < -0.3 is 25.7 Å². The number of hydrogen-bond acceptors (Lipinski definition) is 5. The van der Waals surface area contributed by atoms with Crippen molar-refractivity contribution >= 4 is 17.7 Å². The molecule has 1 aliphatic heterocycles.